The maximum Gasteiger partial charge on any atom is 0.323 e. The number of carbonyl (C=O) groups is 1. The van der Waals surface area contributed by atoms with Crippen LogP contribution in [0.15, 0.2) is 12.3 Å². The van der Waals surface area contributed by atoms with Gasteiger partial charge in [0.05, 0.1) is 11.7 Å². The van der Waals surface area contributed by atoms with E-state index in [1.165, 1.54) is 0 Å². The molecule has 3 rings (SSSR count). The summed E-state index contributed by atoms with van der Waals surface area (Å²) in [6, 6.07) is 1.86. The lowest BCUT2D eigenvalue weighted by Gasteiger charge is -2.25. The third-order valence-corrected chi connectivity index (χ3v) is 4.84. The molecule has 1 saturated heterocycles. The smallest absolute Gasteiger partial charge is 0.317 e. The zero-order valence-electron chi connectivity index (χ0n) is 15.5. The van der Waals surface area contributed by atoms with E-state index in [1.807, 2.05) is 35.7 Å². The molecule has 7 nitrogen and oxygen atoms in total. The van der Waals surface area contributed by atoms with Gasteiger partial charge in [-0.1, -0.05) is 13.8 Å². The van der Waals surface area contributed by atoms with Gasteiger partial charge in [-0.3, -0.25) is 15.1 Å². The van der Waals surface area contributed by atoms with Crippen LogP contribution in [0.1, 0.15) is 56.1 Å². The van der Waals surface area contributed by atoms with Crippen molar-refractivity contribution in [1.82, 2.24) is 24.9 Å². The third kappa shape index (κ3) is 3.86. The molecule has 3 heterocycles. The predicted octanol–water partition coefficient (Wildman–Crippen LogP) is 3.64. The Kier molecular flexibility index (Phi) is 5.11. The van der Waals surface area contributed by atoms with Crippen molar-refractivity contribution >= 4 is 11.8 Å². The lowest BCUT2D eigenvalue weighted by molar-refractivity contribution is 0.206. The van der Waals surface area contributed by atoms with Gasteiger partial charge in [0.15, 0.2) is 5.82 Å². The zero-order valence-corrected chi connectivity index (χ0v) is 15.5. The van der Waals surface area contributed by atoms with Gasteiger partial charge in [-0.2, -0.15) is 10.2 Å². The highest BCUT2D eigenvalue weighted by molar-refractivity contribution is 5.88. The molecule has 0 aliphatic carbocycles. The SMILES string of the molecule is Cc1n[nH]c(C)c1[C@@H]1CCCN1C(=O)Nc1ccn(CCC(C)C)n1. The van der Waals surface area contributed by atoms with Gasteiger partial charge in [0, 0.05) is 36.6 Å². The van der Waals surface area contributed by atoms with Gasteiger partial charge in [0.25, 0.3) is 0 Å². The summed E-state index contributed by atoms with van der Waals surface area (Å²) in [4.78, 5) is 14.7. The number of nitrogens with one attached hydrogen (secondary N) is 2. The number of aromatic nitrogens is 4. The fraction of sp³-hybridized carbons (Fsp3) is 0.611. The Balaban J connectivity index is 1.66. The Morgan fingerprint density at radius 1 is 1.44 bits per heavy atom. The number of hydrogen-bond donors (Lipinski definition) is 2. The van der Waals surface area contributed by atoms with Gasteiger partial charge in [-0.25, -0.2) is 4.79 Å². The summed E-state index contributed by atoms with van der Waals surface area (Å²) in [5, 5.41) is 14.7. The van der Waals surface area contributed by atoms with E-state index in [4.69, 9.17) is 0 Å². The molecule has 2 N–H and O–H groups in total. The molecule has 1 aliphatic rings. The summed E-state index contributed by atoms with van der Waals surface area (Å²) in [5.74, 6) is 1.24. The Morgan fingerprint density at radius 3 is 2.92 bits per heavy atom. The van der Waals surface area contributed by atoms with Crippen LogP contribution in [-0.2, 0) is 6.54 Å². The molecule has 0 spiro atoms. The number of aromatic amines is 1. The molecule has 1 fully saturated rings. The molecule has 0 radical (unpaired) electrons. The second kappa shape index (κ2) is 7.29. The lowest BCUT2D eigenvalue weighted by atomic mass is 10.0. The van der Waals surface area contributed by atoms with Crippen molar-refractivity contribution in [1.29, 1.82) is 0 Å². The van der Waals surface area contributed by atoms with Crippen molar-refractivity contribution < 1.29 is 4.79 Å². The van der Waals surface area contributed by atoms with Gasteiger partial charge < -0.3 is 4.90 Å². The number of aryl methyl sites for hydroxylation is 3. The van der Waals surface area contributed by atoms with Gasteiger partial charge in [-0.15, -0.1) is 0 Å². The van der Waals surface area contributed by atoms with E-state index < -0.39 is 0 Å². The molecule has 0 saturated carbocycles. The second-order valence-corrected chi connectivity index (χ2v) is 7.28. The Morgan fingerprint density at radius 2 is 2.24 bits per heavy atom. The Hall–Kier alpha value is -2.31. The van der Waals surface area contributed by atoms with E-state index in [-0.39, 0.29) is 12.1 Å². The first kappa shape index (κ1) is 17.5. The van der Waals surface area contributed by atoms with Gasteiger partial charge in [0.1, 0.15) is 0 Å². The van der Waals surface area contributed by atoms with E-state index in [9.17, 15) is 4.79 Å². The van der Waals surface area contributed by atoms with Crippen LogP contribution in [0.5, 0.6) is 0 Å². The van der Waals surface area contributed by atoms with Crippen molar-refractivity contribution in [3.05, 3.63) is 29.2 Å². The number of likely N-dealkylation sites (tertiary alicyclic amines) is 1. The molecule has 2 aromatic heterocycles. The molecule has 1 atom stereocenters. The van der Waals surface area contributed by atoms with Crippen LogP contribution in [-0.4, -0.2) is 37.5 Å². The first-order valence-corrected chi connectivity index (χ1v) is 9.08. The second-order valence-electron chi connectivity index (χ2n) is 7.28. The summed E-state index contributed by atoms with van der Waals surface area (Å²) in [5.41, 5.74) is 3.16. The summed E-state index contributed by atoms with van der Waals surface area (Å²) in [7, 11) is 0. The van der Waals surface area contributed by atoms with Gasteiger partial charge in [-0.05, 0) is 39.0 Å². The average Bonchev–Trinajstić information content (AvgIpc) is 3.26. The lowest BCUT2D eigenvalue weighted by Crippen LogP contribution is -2.35. The van der Waals surface area contributed by atoms with Crippen molar-refractivity contribution in [2.24, 2.45) is 5.92 Å². The Labute approximate surface area is 148 Å². The number of rotatable bonds is 5. The van der Waals surface area contributed by atoms with Crippen LogP contribution in [0.2, 0.25) is 0 Å². The monoisotopic (exact) mass is 344 g/mol. The maximum absolute atomic E-state index is 12.8. The van der Waals surface area contributed by atoms with Crippen molar-refractivity contribution in [2.45, 2.75) is 59.5 Å². The zero-order chi connectivity index (χ0) is 18.0. The number of carbonyl (C=O) groups excluding carboxylic acids is 1. The average molecular weight is 344 g/mol. The molecule has 2 aromatic rings. The Bertz CT molecular complexity index is 712. The van der Waals surface area contributed by atoms with Crippen LogP contribution in [0, 0.1) is 19.8 Å². The van der Waals surface area contributed by atoms with E-state index in [0.717, 1.165) is 49.3 Å². The van der Waals surface area contributed by atoms with Gasteiger partial charge >= 0.3 is 6.03 Å². The number of anilines is 1. The van der Waals surface area contributed by atoms with E-state index in [1.54, 1.807) is 0 Å². The van der Waals surface area contributed by atoms with Crippen LogP contribution in [0.25, 0.3) is 0 Å². The number of nitrogens with zero attached hydrogens (tertiary/aromatic N) is 4. The molecular formula is C18H28N6O. The molecule has 0 bridgehead atoms. The minimum Gasteiger partial charge on any atom is -0.317 e. The molecule has 7 heteroatoms. The molecule has 0 aromatic carbocycles. The largest absolute Gasteiger partial charge is 0.323 e. The summed E-state index contributed by atoms with van der Waals surface area (Å²) < 4.78 is 1.89. The molecule has 25 heavy (non-hydrogen) atoms. The predicted molar refractivity (Wildman–Crippen MR) is 97.4 cm³/mol. The highest BCUT2D eigenvalue weighted by Crippen LogP contribution is 2.35. The summed E-state index contributed by atoms with van der Waals surface area (Å²) in [6.45, 7) is 10.0. The fourth-order valence-electron chi connectivity index (χ4n) is 3.49. The topological polar surface area (TPSA) is 78.8 Å². The minimum absolute atomic E-state index is 0.0850. The number of urea groups is 1. The molecule has 0 unspecified atom stereocenters. The highest BCUT2D eigenvalue weighted by atomic mass is 16.2. The van der Waals surface area contributed by atoms with Crippen LogP contribution in [0.4, 0.5) is 10.6 Å². The minimum atomic E-state index is -0.0865. The van der Waals surface area contributed by atoms with Gasteiger partial charge in [0.2, 0.25) is 0 Å². The number of H-pyrrole nitrogens is 1. The first-order valence-electron chi connectivity index (χ1n) is 9.08. The van der Waals surface area contributed by atoms with Crippen LogP contribution >= 0.6 is 0 Å². The molecule has 136 valence electrons. The standard InChI is InChI=1S/C18H28N6O/c1-12(2)7-10-23-11-8-16(22-23)19-18(25)24-9-5-6-15(24)17-13(3)20-21-14(17)4/h8,11-12,15H,5-7,9-10H2,1-4H3,(H,20,21)(H,19,22,25)/t15-/m0/s1. The molecule has 2 amide bonds. The number of amides is 2. The van der Waals surface area contributed by atoms with Crippen molar-refractivity contribution in [3.8, 4) is 0 Å². The van der Waals surface area contributed by atoms with Crippen LogP contribution in [0.3, 0.4) is 0 Å². The maximum atomic E-state index is 12.8. The summed E-state index contributed by atoms with van der Waals surface area (Å²) in [6.07, 6.45) is 4.97. The molecule has 1 aliphatic heterocycles. The van der Waals surface area contributed by atoms with Crippen molar-refractivity contribution in [3.63, 3.8) is 0 Å². The number of hydrogen-bond acceptors (Lipinski definition) is 3. The van der Waals surface area contributed by atoms with E-state index in [2.05, 4.69) is 34.5 Å². The molecular weight excluding hydrogens is 316 g/mol. The van der Waals surface area contributed by atoms with Crippen molar-refractivity contribution in [2.75, 3.05) is 11.9 Å². The third-order valence-electron chi connectivity index (χ3n) is 4.84. The van der Waals surface area contributed by atoms with E-state index in [0.29, 0.717) is 11.7 Å². The first-order chi connectivity index (χ1) is 12.0. The fourth-order valence-corrected chi connectivity index (χ4v) is 3.49. The van der Waals surface area contributed by atoms with Crippen LogP contribution < -0.4 is 5.32 Å². The highest BCUT2D eigenvalue weighted by Gasteiger charge is 2.33. The quantitative estimate of drug-likeness (QED) is 0.869. The summed E-state index contributed by atoms with van der Waals surface area (Å²) >= 11 is 0. The normalized spacial score (nSPS) is 17.5. The van der Waals surface area contributed by atoms with E-state index >= 15 is 0 Å².